The van der Waals surface area contributed by atoms with E-state index >= 15 is 0 Å². The summed E-state index contributed by atoms with van der Waals surface area (Å²) in [5, 5.41) is 0. The van der Waals surface area contributed by atoms with Crippen LogP contribution in [0.5, 0.6) is 5.75 Å². The minimum Gasteiger partial charge on any atom is -0.484 e. The Morgan fingerprint density at radius 1 is 1.38 bits per heavy atom. The van der Waals surface area contributed by atoms with Crippen LogP contribution in [0.2, 0.25) is 0 Å². The average Bonchev–Trinajstić information content (AvgIpc) is 2.44. The first-order chi connectivity index (χ1) is 11.0. The summed E-state index contributed by atoms with van der Waals surface area (Å²) in [5.41, 5.74) is -0.0252. The standard InChI is InChI=1S/C17H26N2O4S/c1-12(2)8-9-18-24(21,22)14-6-7-16-15(10-14)19(13(3)20)11-17(4,5)23-16/h6-7,10,12,18H,8-9,11H2,1-5H3. The van der Waals surface area contributed by atoms with Gasteiger partial charge in [0.1, 0.15) is 11.4 Å². The molecule has 0 aliphatic carbocycles. The van der Waals surface area contributed by atoms with Crippen molar-refractivity contribution in [3.63, 3.8) is 0 Å². The van der Waals surface area contributed by atoms with E-state index in [0.29, 0.717) is 30.4 Å². The molecule has 1 N–H and O–H groups in total. The van der Waals surface area contributed by atoms with Crippen molar-refractivity contribution in [2.75, 3.05) is 18.0 Å². The Labute approximate surface area is 144 Å². The average molecular weight is 354 g/mol. The lowest BCUT2D eigenvalue weighted by Crippen LogP contribution is -2.48. The zero-order valence-electron chi connectivity index (χ0n) is 14.9. The quantitative estimate of drug-likeness (QED) is 0.882. The van der Waals surface area contributed by atoms with Gasteiger partial charge in [-0.25, -0.2) is 13.1 Å². The van der Waals surface area contributed by atoms with Gasteiger partial charge in [0.15, 0.2) is 0 Å². The molecule has 1 heterocycles. The van der Waals surface area contributed by atoms with Crippen molar-refractivity contribution in [1.82, 2.24) is 4.72 Å². The molecule has 2 rings (SSSR count). The van der Waals surface area contributed by atoms with E-state index in [-0.39, 0.29) is 10.8 Å². The molecule has 0 radical (unpaired) electrons. The van der Waals surface area contributed by atoms with E-state index in [1.54, 1.807) is 11.0 Å². The number of fused-ring (bicyclic) bond motifs is 1. The van der Waals surface area contributed by atoms with E-state index in [9.17, 15) is 13.2 Å². The molecule has 0 unspecified atom stereocenters. The molecule has 0 saturated carbocycles. The Hall–Kier alpha value is -1.60. The second-order valence-corrected chi connectivity index (χ2v) is 8.94. The molecule has 1 aliphatic heterocycles. The maximum Gasteiger partial charge on any atom is 0.240 e. The third kappa shape index (κ3) is 4.27. The number of rotatable bonds is 5. The summed E-state index contributed by atoms with van der Waals surface area (Å²) in [7, 11) is -3.61. The number of amides is 1. The van der Waals surface area contributed by atoms with Gasteiger partial charge >= 0.3 is 0 Å². The lowest BCUT2D eigenvalue weighted by atomic mass is 10.1. The van der Waals surface area contributed by atoms with Crippen molar-refractivity contribution in [2.45, 2.75) is 51.5 Å². The number of carbonyl (C=O) groups is 1. The summed E-state index contributed by atoms with van der Waals surface area (Å²) in [6.45, 7) is 10.1. The van der Waals surface area contributed by atoms with Gasteiger partial charge in [-0.1, -0.05) is 13.8 Å². The van der Waals surface area contributed by atoms with Gasteiger partial charge in [0.2, 0.25) is 15.9 Å². The molecular formula is C17H26N2O4S. The first-order valence-corrected chi connectivity index (χ1v) is 9.61. The molecule has 1 aromatic carbocycles. The van der Waals surface area contributed by atoms with Gasteiger partial charge in [-0.3, -0.25) is 4.79 Å². The third-order valence-electron chi connectivity index (χ3n) is 3.85. The summed E-state index contributed by atoms with van der Waals surface area (Å²) in [4.78, 5) is 13.7. The fourth-order valence-corrected chi connectivity index (χ4v) is 3.67. The van der Waals surface area contributed by atoms with E-state index < -0.39 is 15.6 Å². The molecule has 0 saturated heterocycles. The van der Waals surface area contributed by atoms with Crippen molar-refractivity contribution in [2.24, 2.45) is 5.92 Å². The number of hydrogen-bond donors (Lipinski definition) is 1. The zero-order chi connectivity index (χ0) is 18.1. The Balaban J connectivity index is 2.33. The SMILES string of the molecule is CC(=O)N1CC(C)(C)Oc2ccc(S(=O)(=O)NCCC(C)C)cc21. The number of benzene rings is 1. The number of hydrogen-bond acceptors (Lipinski definition) is 4. The van der Waals surface area contributed by atoms with Gasteiger partial charge in [0, 0.05) is 13.5 Å². The van der Waals surface area contributed by atoms with E-state index in [2.05, 4.69) is 4.72 Å². The molecule has 0 atom stereocenters. The lowest BCUT2D eigenvalue weighted by molar-refractivity contribution is -0.117. The molecule has 1 aliphatic rings. The highest BCUT2D eigenvalue weighted by molar-refractivity contribution is 7.89. The van der Waals surface area contributed by atoms with Crippen LogP contribution in [-0.2, 0) is 14.8 Å². The smallest absolute Gasteiger partial charge is 0.240 e. The van der Waals surface area contributed by atoms with Crippen LogP contribution in [0.4, 0.5) is 5.69 Å². The third-order valence-corrected chi connectivity index (χ3v) is 5.31. The summed E-state index contributed by atoms with van der Waals surface area (Å²) in [6.07, 6.45) is 0.765. The minimum absolute atomic E-state index is 0.138. The van der Waals surface area contributed by atoms with E-state index in [0.717, 1.165) is 6.42 Å². The van der Waals surface area contributed by atoms with Crippen molar-refractivity contribution >= 4 is 21.6 Å². The Kier molecular flexibility index (Phi) is 5.25. The summed E-state index contributed by atoms with van der Waals surface area (Å²) >= 11 is 0. The number of carbonyl (C=O) groups excluding carboxylic acids is 1. The molecule has 0 spiro atoms. The number of ether oxygens (including phenoxy) is 1. The fraction of sp³-hybridized carbons (Fsp3) is 0.588. The van der Waals surface area contributed by atoms with Crippen LogP contribution in [-0.4, -0.2) is 33.0 Å². The molecule has 134 valence electrons. The largest absolute Gasteiger partial charge is 0.484 e. The number of nitrogens with zero attached hydrogens (tertiary/aromatic N) is 1. The van der Waals surface area contributed by atoms with Crippen LogP contribution in [0.15, 0.2) is 23.1 Å². The normalized spacial score (nSPS) is 16.7. The monoisotopic (exact) mass is 354 g/mol. The fourth-order valence-electron chi connectivity index (χ4n) is 2.60. The van der Waals surface area contributed by atoms with Crippen LogP contribution < -0.4 is 14.4 Å². The molecule has 1 amide bonds. The van der Waals surface area contributed by atoms with Crippen LogP contribution in [0, 0.1) is 5.92 Å². The van der Waals surface area contributed by atoms with Gasteiger partial charge in [0.25, 0.3) is 0 Å². The van der Waals surface area contributed by atoms with Crippen LogP contribution in [0.3, 0.4) is 0 Å². The molecule has 0 aromatic heterocycles. The van der Waals surface area contributed by atoms with Gasteiger partial charge in [-0.2, -0.15) is 0 Å². The topological polar surface area (TPSA) is 75.7 Å². The molecule has 6 nitrogen and oxygen atoms in total. The first-order valence-electron chi connectivity index (χ1n) is 8.13. The molecule has 24 heavy (non-hydrogen) atoms. The zero-order valence-corrected chi connectivity index (χ0v) is 15.7. The Bertz CT molecular complexity index is 726. The molecule has 0 fully saturated rings. The highest BCUT2D eigenvalue weighted by atomic mass is 32.2. The first kappa shape index (κ1) is 18.7. The maximum absolute atomic E-state index is 12.4. The predicted molar refractivity (Wildman–Crippen MR) is 93.8 cm³/mol. The Morgan fingerprint density at radius 2 is 2.04 bits per heavy atom. The van der Waals surface area contributed by atoms with Gasteiger partial charge < -0.3 is 9.64 Å². The summed E-state index contributed by atoms with van der Waals surface area (Å²) < 4.78 is 33.4. The Morgan fingerprint density at radius 3 is 2.62 bits per heavy atom. The minimum atomic E-state index is -3.61. The summed E-state index contributed by atoms with van der Waals surface area (Å²) in [6, 6.07) is 4.63. The molecule has 1 aromatic rings. The number of sulfonamides is 1. The van der Waals surface area contributed by atoms with Crippen molar-refractivity contribution in [3.8, 4) is 5.75 Å². The van der Waals surface area contributed by atoms with Crippen LogP contribution in [0.1, 0.15) is 41.0 Å². The molecule has 7 heteroatoms. The number of anilines is 1. The maximum atomic E-state index is 12.4. The number of nitrogens with one attached hydrogen (secondary N) is 1. The van der Waals surface area contributed by atoms with Gasteiger partial charge in [-0.15, -0.1) is 0 Å². The van der Waals surface area contributed by atoms with Crippen LogP contribution >= 0.6 is 0 Å². The van der Waals surface area contributed by atoms with E-state index in [4.69, 9.17) is 4.74 Å². The highest BCUT2D eigenvalue weighted by Crippen LogP contribution is 2.38. The predicted octanol–water partition coefficient (Wildman–Crippen LogP) is 2.53. The lowest BCUT2D eigenvalue weighted by Gasteiger charge is -2.39. The summed E-state index contributed by atoms with van der Waals surface area (Å²) in [5.74, 6) is 0.789. The van der Waals surface area contributed by atoms with E-state index in [1.165, 1.54) is 19.1 Å². The second-order valence-electron chi connectivity index (χ2n) is 7.18. The van der Waals surface area contributed by atoms with Gasteiger partial charge in [0.05, 0.1) is 17.1 Å². The van der Waals surface area contributed by atoms with Crippen molar-refractivity contribution in [3.05, 3.63) is 18.2 Å². The second kappa shape index (κ2) is 6.72. The van der Waals surface area contributed by atoms with Gasteiger partial charge in [-0.05, 0) is 44.4 Å². The van der Waals surface area contributed by atoms with Crippen LogP contribution in [0.25, 0.3) is 0 Å². The molecular weight excluding hydrogens is 328 g/mol. The highest BCUT2D eigenvalue weighted by Gasteiger charge is 2.34. The molecule has 0 bridgehead atoms. The van der Waals surface area contributed by atoms with Crippen molar-refractivity contribution < 1.29 is 17.9 Å². The van der Waals surface area contributed by atoms with E-state index in [1.807, 2.05) is 27.7 Å². The van der Waals surface area contributed by atoms with Crippen molar-refractivity contribution in [1.29, 1.82) is 0 Å².